The Kier molecular flexibility index (Phi) is 8.54. The van der Waals surface area contributed by atoms with Crippen molar-refractivity contribution in [3.8, 4) is 28.4 Å². The molecule has 0 heterocycles. The largest absolute Gasteiger partial charge is 0.491 e. The lowest BCUT2D eigenvalue weighted by molar-refractivity contribution is -0.140. The lowest BCUT2D eigenvalue weighted by atomic mass is 9.78. The van der Waals surface area contributed by atoms with Gasteiger partial charge in [0, 0.05) is 17.2 Å². The molecular formula is C29H27F5O4. The topological polar surface area (TPSA) is 44.8 Å². The van der Waals surface area contributed by atoms with Crippen LogP contribution in [0.25, 0.3) is 11.1 Å². The number of benzene rings is 3. The van der Waals surface area contributed by atoms with Crippen LogP contribution in [0, 0.1) is 35.0 Å². The maximum atomic E-state index is 14.8. The molecule has 1 aliphatic carbocycles. The molecule has 0 saturated heterocycles. The van der Waals surface area contributed by atoms with Crippen LogP contribution in [0.2, 0.25) is 0 Å². The molecule has 3 aromatic carbocycles. The molecule has 0 unspecified atom stereocenters. The molecule has 3 aromatic rings. The third-order valence-corrected chi connectivity index (χ3v) is 6.67. The van der Waals surface area contributed by atoms with Crippen molar-refractivity contribution in [1.29, 1.82) is 0 Å². The van der Waals surface area contributed by atoms with E-state index in [0.717, 1.165) is 6.07 Å². The summed E-state index contributed by atoms with van der Waals surface area (Å²) in [6.45, 7) is 3.66. The van der Waals surface area contributed by atoms with Gasteiger partial charge in [-0.1, -0.05) is 6.07 Å². The third-order valence-electron chi connectivity index (χ3n) is 6.67. The van der Waals surface area contributed by atoms with Crippen molar-refractivity contribution in [2.24, 2.45) is 5.92 Å². The smallest absolute Gasteiger partial charge is 0.314 e. The summed E-state index contributed by atoms with van der Waals surface area (Å²) in [5, 5.41) is 0. The number of carbonyl (C=O) groups excluding carboxylic acids is 1. The van der Waals surface area contributed by atoms with Gasteiger partial charge >= 0.3 is 5.97 Å². The van der Waals surface area contributed by atoms with Crippen LogP contribution in [0.1, 0.15) is 51.0 Å². The standard InChI is InChI=1S/C29H27F5O4/c1-3-36-23-13-11-19(25(31)27(23)33)16-5-7-17(8-6-16)29(35)38-18-9-10-20(22(30)15-18)21-12-14-24(37-4-2)28(34)26(21)32/h9-17H,3-8H2,1-2H3. The number of halogens is 5. The molecule has 0 bridgehead atoms. The van der Waals surface area contributed by atoms with Crippen molar-refractivity contribution in [3.63, 3.8) is 0 Å². The van der Waals surface area contributed by atoms with E-state index in [1.165, 1.54) is 36.4 Å². The van der Waals surface area contributed by atoms with Gasteiger partial charge in [-0.3, -0.25) is 4.79 Å². The SMILES string of the molecule is CCOc1ccc(-c2ccc(OC(=O)C3CCC(c4ccc(OCC)c(F)c4F)CC3)cc2F)c(F)c1F. The van der Waals surface area contributed by atoms with Crippen molar-refractivity contribution in [1.82, 2.24) is 0 Å². The molecule has 4 nitrogen and oxygen atoms in total. The molecule has 1 fully saturated rings. The fourth-order valence-electron chi connectivity index (χ4n) is 4.75. The van der Waals surface area contributed by atoms with E-state index in [4.69, 9.17) is 14.2 Å². The van der Waals surface area contributed by atoms with Crippen molar-refractivity contribution in [3.05, 3.63) is 77.1 Å². The Bertz CT molecular complexity index is 1320. The van der Waals surface area contributed by atoms with E-state index in [-0.39, 0.29) is 53.1 Å². The maximum absolute atomic E-state index is 14.8. The first-order valence-electron chi connectivity index (χ1n) is 12.5. The first kappa shape index (κ1) is 27.4. The van der Waals surface area contributed by atoms with Crippen molar-refractivity contribution < 1.29 is 41.0 Å². The fourth-order valence-corrected chi connectivity index (χ4v) is 4.75. The molecule has 4 rings (SSSR count). The highest BCUT2D eigenvalue weighted by atomic mass is 19.2. The molecular weight excluding hydrogens is 507 g/mol. The third kappa shape index (κ3) is 5.61. The second kappa shape index (κ2) is 11.8. The predicted molar refractivity (Wildman–Crippen MR) is 131 cm³/mol. The zero-order valence-electron chi connectivity index (χ0n) is 21.0. The van der Waals surface area contributed by atoms with E-state index in [0.29, 0.717) is 25.7 Å². The van der Waals surface area contributed by atoms with Gasteiger partial charge in [-0.15, -0.1) is 0 Å². The fraction of sp³-hybridized carbons (Fsp3) is 0.345. The summed E-state index contributed by atoms with van der Waals surface area (Å²) in [4.78, 5) is 12.7. The first-order valence-corrected chi connectivity index (χ1v) is 12.5. The van der Waals surface area contributed by atoms with E-state index in [1.807, 2.05) is 0 Å². The Hall–Kier alpha value is -3.62. The molecule has 202 valence electrons. The number of hydrogen-bond acceptors (Lipinski definition) is 4. The summed E-state index contributed by atoms with van der Waals surface area (Å²) in [6.07, 6.45) is 1.66. The Labute approximate surface area is 217 Å². The summed E-state index contributed by atoms with van der Waals surface area (Å²) < 4.78 is 87.8. The average Bonchev–Trinajstić information content (AvgIpc) is 2.91. The normalized spacial score (nSPS) is 17.2. The molecule has 1 saturated carbocycles. The van der Waals surface area contributed by atoms with Gasteiger partial charge in [0.25, 0.3) is 0 Å². The Balaban J connectivity index is 1.40. The van der Waals surface area contributed by atoms with Crippen LogP contribution in [0.15, 0.2) is 42.5 Å². The highest BCUT2D eigenvalue weighted by molar-refractivity contribution is 5.76. The van der Waals surface area contributed by atoms with Crippen LogP contribution >= 0.6 is 0 Å². The van der Waals surface area contributed by atoms with Gasteiger partial charge in [-0.05, 0) is 81.3 Å². The number of esters is 1. The van der Waals surface area contributed by atoms with Crippen molar-refractivity contribution >= 4 is 5.97 Å². The predicted octanol–water partition coefficient (Wildman–Crippen LogP) is 7.73. The lowest BCUT2D eigenvalue weighted by Gasteiger charge is -2.28. The number of carbonyl (C=O) groups is 1. The molecule has 1 aliphatic rings. The average molecular weight is 535 g/mol. The number of hydrogen-bond donors (Lipinski definition) is 0. The molecule has 0 radical (unpaired) electrons. The quantitative estimate of drug-likeness (QED) is 0.169. The van der Waals surface area contributed by atoms with Crippen LogP contribution in [0.3, 0.4) is 0 Å². The minimum Gasteiger partial charge on any atom is -0.491 e. The molecule has 0 amide bonds. The van der Waals surface area contributed by atoms with E-state index in [2.05, 4.69) is 0 Å². The summed E-state index contributed by atoms with van der Waals surface area (Å²) >= 11 is 0. The molecule has 0 N–H and O–H groups in total. The minimum absolute atomic E-state index is 0.0789. The molecule has 0 aromatic heterocycles. The Morgan fingerprint density at radius 3 is 1.92 bits per heavy atom. The van der Waals surface area contributed by atoms with E-state index >= 15 is 0 Å². The summed E-state index contributed by atoms with van der Waals surface area (Å²) in [5.41, 5.74) is -0.250. The monoisotopic (exact) mass is 534 g/mol. The Morgan fingerprint density at radius 1 is 0.737 bits per heavy atom. The zero-order chi connectivity index (χ0) is 27.4. The zero-order valence-corrected chi connectivity index (χ0v) is 21.0. The second-order valence-electron chi connectivity index (χ2n) is 9.00. The van der Waals surface area contributed by atoms with Crippen LogP contribution in [-0.2, 0) is 4.79 Å². The highest BCUT2D eigenvalue weighted by Crippen LogP contribution is 2.39. The molecule has 9 heteroatoms. The molecule has 0 spiro atoms. The van der Waals surface area contributed by atoms with Gasteiger partial charge in [-0.2, -0.15) is 8.78 Å². The molecule has 0 aliphatic heterocycles. The van der Waals surface area contributed by atoms with Gasteiger partial charge in [0.05, 0.1) is 19.1 Å². The van der Waals surface area contributed by atoms with Gasteiger partial charge in [0.2, 0.25) is 11.6 Å². The van der Waals surface area contributed by atoms with E-state index < -0.39 is 41.0 Å². The maximum Gasteiger partial charge on any atom is 0.314 e. The van der Waals surface area contributed by atoms with Crippen LogP contribution < -0.4 is 14.2 Å². The Morgan fingerprint density at radius 2 is 1.32 bits per heavy atom. The van der Waals surface area contributed by atoms with E-state index in [9.17, 15) is 26.7 Å². The van der Waals surface area contributed by atoms with Gasteiger partial charge in [-0.25, -0.2) is 13.2 Å². The molecule has 0 atom stereocenters. The first-order chi connectivity index (χ1) is 18.2. The summed E-state index contributed by atoms with van der Waals surface area (Å²) in [7, 11) is 0. The second-order valence-corrected chi connectivity index (χ2v) is 9.00. The van der Waals surface area contributed by atoms with E-state index in [1.54, 1.807) is 13.8 Å². The summed E-state index contributed by atoms with van der Waals surface area (Å²) in [5.74, 6) is -7.16. The number of rotatable bonds is 8. The van der Waals surface area contributed by atoms with Crippen molar-refractivity contribution in [2.45, 2.75) is 45.4 Å². The van der Waals surface area contributed by atoms with Crippen LogP contribution in [-0.4, -0.2) is 19.2 Å². The minimum atomic E-state index is -1.25. The van der Waals surface area contributed by atoms with Gasteiger partial charge in [0.15, 0.2) is 23.1 Å². The number of ether oxygens (including phenoxy) is 3. The van der Waals surface area contributed by atoms with Gasteiger partial charge in [0.1, 0.15) is 11.6 Å². The van der Waals surface area contributed by atoms with Crippen LogP contribution in [0.5, 0.6) is 17.2 Å². The van der Waals surface area contributed by atoms with Crippen molar-refractivity contribution in [2.75, 3.05) is 13.2 Å². The summed E-state index contributed by atoms with van der Waals surface area (Å²) in [6, 6.07) is 8.79. The lowest BCUT2D eigenvalue weighted by Crippen LogP contribution is -2.25. The van der Waals surface area contributed by atoms with Gasteiger partial charge < -0.3 is 14.2 Å². The molecule has 38 heavy (non-hydrogen) atoms. The highest BCUT2D eigenvalue weighted by Gasteiger charge is 2.31. The van der Waals surface area contributed by atoms with Crippen LogP contribution in [0.4, 0.5) is 22.0 Å².